The van der Waals surface area contributed by atoms with Crippen LogP contribution < -0.4 is 19.5 Å². The molecule has 1 heterocycles. The number of nitrogens with zero attached hydrogens (tertiary/aromatic N) is 1. The maximum Gasteiger partial charge on any atom is 0.344 e. The number of anilines is 1. The van der Waals surface area contributed by atoms with Crippen molar-refractivity contribution in [2.75, 3.05) is 32.8 Å². The van der Waals surface area contributed by atoms with Crippen LogP contribution in [0.3, 0.4) is 0 Å². The average Bonchev–Trinajstić information content (AvgIpc) is 2.66. The van der Waals surface area contributed by atoms with Crippen molar-refractivity contribution in [2.24, 2.45) is 0 Å². The zero-order valence-corrected chi connectivity index (χ0v) is 14.8. The van der Waals surface area contributed by atoms with Gasteiger partial charge >= 0.3 is 5.97 Å². The lowest BCUT2D eigenvalue weighted by Crippen LogP contribution is -2.21. The molecule has 8 nitrogen and oxygen atoms in total. The minimum Gasteiger partial charge on any atom is -0.497 e. The number of nitrogens with one attached hydrogen (secondary N) is 1. The summed E-state index contributed by atoms with van der Waals surface area (Å²) in [6, 6.07) is 8.02. The molecule has 0 aliphatic carbocycles. The van der Waals surface area contributed by atoms with Crippen LogP contribution in [0, 0.1) is 0 Å². The minimum atomic E-state index is -0.695. The zero-order valence-electron chi connectivity index (χ0n) is 14.8. The monoisotopic (exact) mass is 360 g/mol. The Hall–Kier alpha value is -3.29. The first-order valence-electron chi connectivity index (χ1n) is 7.85. The summed E-state index contributed by atoms with van der Waals surface area (Å²) in [6.45, 7) is 1.67. The largest absolute Gasteiger partial charge is 0.497 e. The molecule has 1 aromatic heterocycles. The Morgan fingerprint density at radius 3 is 2.42 bits per heavy atom. The Morgan fingerprint density at radius 1 is 1.12 bits per heavy atom. The molecule has 8 heteroatoms. The third-order valence-electron chi connectivity index (χ3n) is 3.24. The van der Waals surface area contributed by atoms with Gasteiger partial charge in [-0.15, -0.1) is 0 Å². The Morgan fingerprint density at radius 2 is 1.81 bits per heavy atom. The van der Waals surface area contributed by atoms with Crippen molar-refractivity contribution in [3.63, 3.8) is 0 Å². The van der Waals surface area contributed by atoms with E-state index in [1.165, 1.54) is 26.5 Å². The zero-order chi connectivity index (χ0) is 18.9. The first-order valence-corrected chi connectivity index (χ1v) is 7.85. The van der Waals surface area contributed by atoms with Gasteiger partial charge in [-0.2, -0.15) is 0 Å². The van der Waals surface area contributed by atoms with Crippen molar-refractivity contribution in [1.29, 1.82) is 0 Å². The van der Waals surface area contributed by atoms with Crippen molar-refractivity contribution in [1.82, 2.24) is 4.98 Å². The summed E-state index contributed by atoms with van der Waals surface area (Å²) in [7, 11) is 3.01. The van der Waals surface area contributed by atoms with E-state index in [1.54, 1.807) is 31.2 Å². The first kappa shape index (κ1) is 19.0. The van der Waals surface area contributed by atoms with Gasteiger partial charge < -0.3 is 24.3 Å². The number of pyridine rings is 1. The number of ether oxygens (including phenoxy) is 4. The molecule has 0 radical (unpaired) electrons. The molecule has 0 unspecified atom stereocenters. The highest BCUT2D eigenvalue weighted by molar-refractivity contribution is 5.96. The van der Waals surface area contributed by atoms with Gasteiger partial charge in [-0.3, -0.25) is 4.79 Å². The Kier molecular flexibility index (Phi) is 6.78. The number of carbonyl (C=O) groups excluding carboxylic acids is 2. The summed E-state index contributed by atoms with van der Waals surface area (Å²) < 4.78 is 20.6. The summed E-state index contributed by atoms with van der Waals surface area (Å²) in [5.41, 5.74) is 0.615. The number of methoxy groups -OCH3 is 2. The van der Waals surface area contributed by atoms with E-state index in [0.717, 1.165) is 0 Å². The standard InChI is InChI=1S/C18H20N2O6/c1-4-25-17-15(6-5-7-19-17)18(22)26-11-16(21)20-12-8-13(23-2)10-14(9-12)24-3/h5-10H,4,11H2,1-3H3,(H,20,21). The van der Waals surface area contributed by atoms with Crippen molar-refractivity contribution >= 4 is 17.6 Å². The molecule has 1 N–H and O–H groups in total. The quantitative estimate of drug-likeness (QED) is 0.722. The first-order chi connectivity index (χ1) is 12.6. The molecule has 0 saturated carbocycles. The molecule has 0 bridgehead atoms. The second-order valence-electron chi connectivity index (χ2n) is 5.01. The van der Waals surface area contributed by atoms with Crippen molar-refractivity contribution in [3.05, 3.63) is 42.1 Å². The van der Waals surface area contributed by atoms with Gasteiger partial charge in [0, 0.05) is 30.1 Å². The van der Waals surface area contributed by atoms with E-state index >= 15 is 0 Å². The van der Waals surface area contributed by atoms with E-state index in [1.807, 2.05) is 0 Å². The van der Waals surface area contributed by atoms with Crippen molar-refractivity contribution < 1.29 is 28.5 Å². The highest BCUT2D eigenvalue weighted by atomic mass is 16.5. The van der Waals surface area contributed by atoms with Gasteiger partial charge in [0.1, 0.15) is 17.1 Å². The van der Waals surface area contributed by atoms with E-state index in [2.05, 4.69) is 10.3 Å². The predicted molar refractivity (Wildman–Crippen MR) is 93.9 cm³/mol. The summed E-state index contributed by atoms with van der Waals surface area (Å²) in [5, 5.41) is 2.61. The van der Waals surface area contributed by atoms with Crippen LogP contribution in [-0.2, 0) is 9.53 Å². The maximum atomic E-state index is 12.1. The molecule has 1 aromatic carbocycles. The molecule has 26 heavy (non-hydrogen) atoms. The third kappa shape index (κ3) is 5.10. The lowest BCUT2D eigenvalue weighted by Gasteiger charge is -2.11. The van der Waals surface area contributed by atoms with Crippen molar-refractivity contribution in [2.45, 2.75) is 6.92 Å². The molecule has 138 valence electrons. The second-order valence-corrected chi connectivity index (χ2v) is 5.01. The van der Waals surface area contributed by atoms with Gasteiger partial charge in [0.25, 0.3) is 5.91 Å². The fourth-order valence-corrected chi connectivity index (χ4v) is 2.08. The van der Waals surface area contributed by atoms with E-state index in [-0.39, 0.29) is 11.4 Å². The lowest BCUT2D eigenvalue weighted by atomic mass is 10.2. The normalized spacial score (nSPS) is 9.96. The third-order valence-corrected chi connectivity index (χ3v) is 3.24. The number of carbonyl (C=O) groups is 2. The predicted octanol–water partition coefficient (Wildman–Crippen LogP) is 2.29. The minimum absolute atomic E-state index is 0.158. The van der Waals surface area contributed by atoms with Crippen LogP contribution in [0.2, 0.25) is 0 Å². The number of amides is 1. The molecule has 2 rings (SSSR count). The Bertz CT molecular complexity index is 756. The van der Waals surface area contributed by atoms with Crippen LogP contribution in [0.1, 0.15) is 17.3 Å². The second kappa shape index (κ2) is 9.26. The maximum absolute atomic E-state index is 12.1. The van der Waals surface area contributed by atoms with Crippen molar-refractivity contribution in [3.8, 4) is 17.4 Å². The molecule has 0 aliphatic heterocycles. The molecule has 0 spiro atoms. The van der Waals surface area contributed by atoms with Gasteiger partial charge in [0.05, 0.1) is 20.8 Å². The fraction of sp³-hybridized carbons (Fsp3) is 0.278. The smallest absolute Gasteiger partial charge is 0.344 e. The number of rotatable bonds is 8. The summed E-state index contributed by atoms with van der Waals surface area (Å²) in [6.07, 6.45) is 1.50. The van der Waals surface area contributed by atoms with Gasteiger partial charge in [-0.1, -0.05) is 0 Å². The Balaban J connectivity index is 1.98. The highest BCUT2D eigenvalue weighted by Crippen LogP contribution is 2.25. The van der Waals surface area contributed by atoms with Crippen LogP contribution in [0.25, 0.3) is 0 Å². The summed E-state index contributed by atoms with van der Waals surface area (Å²) in [5.74, 6) is 0.00934. The molecule has 0 fully saturated rings. The lowest BCUT2D eigenvalue weighted by molar-refractivity contribution is -0.119. The molecular formula is C18H20N2O6. The number of hydrogen-bond donors (Lipinski definition) is 1. The molecule has 1 amide bonds. The van der Waals surface area contributed by atoms with E-state index in [9.17, 15) is 9.59 Å². The van der Waals surface area contributed by atoms with E-state index in [4.69, 9.17) is 18.9 Å². The van der Waals surface area contributed by atoms with Crippen LogP contribution in [0.5, 0.6) is 17.4 Å². The average molecular weight is 360 g/mol. The number of aromatic nitrogens is 1. The van der Waals surface area contributed by atoms with Gasteiger partial charge in [0.15, 0.2) is 6.61 Å². The Labute approximate surface area is 151 Å². The van der Waals surface area contributed by atoms with Gasteiger partial charge in [-0.05, 0) is 19.1 Å². The number of hydrogen-bond acceptors (Lipinski definition) is 7. The molecule has 0 saturated heterocycles. The van der Waals surface area contributed by atoms with E-state index < -0.39 is 18.5 Å². The summed E-state index contributed by atoms with van der Waals surface area (Å²) >= 11 is 0. The van der Waals surface area contributed by atoms with Crippen LogP contribution in [-0.4, -0.2) is 44.3 Å². The molecular weight excluding hydrogens is 340 g/mol. The number of benzene rings is 1. The summed E-state index contributed by atoms with van der Waals surface area (Å²) in [4.78, 5) is 28.1. The van der Waals surface area contributed by atoms with Gasteiger partial charge in [-0.25, -0.2) is 9.78 Å². The molecule has 0 atom stereocenters. The van der Waals surface area contributed by atoms with Crippen LogP contribution >= 0.6 is 0 Å². The van der Waals surface area contributed by atoms with Crippen LogP contribution in [0.4, 0.5) is 5.69 Å². The molecule has 2 aromatic rings. The highest BCUT2D eigenvalue weighted by Gasteiger charge is 2.16. The van der Waals surface area contributed by atoms with Crippen LogP contribution in [0.15, 0.2) is 36.5 Å². The topological polar surface area (TPSA) is 96.0 Å². The van der Waals surface area contributed by atoms with E-state index in [0.29, 0.717) is 23.8 Å². The molecule has 0 aliphatic rings. The number of esters is 1. The van der Waals surface area contributed by atoms with Gasteiger partial charge in [0.2, 0.25) is 5.88 Å². The fourth-order valence-electron chi connectivity index (χ4n) is 2.08. The SMILES string of the molecule is CCOc1ncccc1C(=O)OCC(=O)Nc1cc(OC)cc(OC)c1.